The number of benzene rings is 1. The third kappa shape index (κ3) is 2.92. The standard InChI is InChI=1S/C15H21F3N2/c1-3-15(4-2)10-20(7-5-6-19-15)14-9-12(17)11(16)8-13(14)18/h8-9,19H,3-7,10H2,1-2H3. The minimum absolute atomic E-state index is 0.103. The van der Waals surface area contributed by atoms with E-state index in [4.69, 9.17) is 0 Å². The van der Waals surface area contributed by atoms with Crippen LogP contribution in [0, 0.1) is 17.5 Å². The Balaban J connectivity index is 2.33. The van der Waals surface area contributed by atoms with Crippen LogP contribution in [0.4, 0.5) is 18.9 Å². The molecule has 1 heterocycles. The Labute approximate surface area is 118 Å². The van der Waals surface area contributed by atoms with Crippen molar-refractivity contribution < 1.29 is 13.2 Å². The number of hydrogen-bond donors (Lipinski definition) is 1. The zero-order valence-electron chi connectivity index (χ0n) is 12.0. The van der Waals surface area contributed by atoms with E-state index in [0.717, 1.165) is 31.9 Å². The zero-order chi connectivity index (χ0) is 14.8. The molecule has 1 fully saturated rings. The SMILES string of the molecule is CCC1(CC)CN(c2cc(F)c(F)cc2F)CCCN1. The van der Waals surface area contributed by atoms with Gasteiger partial charge in [-0.25, -0.2) is 13.2 Å². The summed E-state index contributed by atoms with van der Waals surface area (Å²) in [6, 6.07) is 1.59. The average Bonchev–Trinajstić information content (AvgIpc) is 2.66. The minimum Gasteiger partial charge on any atom is -0.367 e. The second-order valence-electron chi connectivity index (χ2n) is 5.41. The second-order valence-corrected chi connectivity index (χ2v) is 5.41. The molecular formula is C15H21F3N2. The van der Waals surface area contributed by atoms with Gasteiger partial charge in [0.2, 0.25) is 0 Å². The fourth-order valence-corrected chi connectivity index (χ4v) is 2.81. The van der Waals surface area contributed by atoms with Gasteiger partial charge in [-0.2, -0.15) is 0 Å². The normalized spacial score (nSPS) is 18.9. The molecule has 2 nitrogen and oxygen atoms in total. The van der Waals surface area contributed by atoms with Crippen molar-refractivity contribution in [2.45, 2.75) is 38.6 Å². The lowest BCUT2D eigenvalue weighted by Gasteiger charge is -2.36. The molecule has 1 aromatic carbocycles. The van der Waals surface area contributed by atoms with Gasteiger partial charge in [-0.1, -0.05) is 13.8 Å². The fourth-order valence-electron chi connectivity index (χ4n) is 2.81. The maximum atomic E-state index is 13.9. The van der Waals surface area contributed by atoms with Crippen LogP contribution < -0.4 is 10.2 Å². The molecule has 0 bridgehead atoms. The van der Waals surface area contributed by atoms with E-state index in [1.807, 2.05) is 4.90 Å². The number of anilines is 1. The van der Waals surface area contributed by atoms with Crippen molar-refractivity contribution in [3.05, 3.63) is 29.6 Å². The van der Waals surface area contributed by atoms with Crippen LogP contribution in [-0.2, 0) is 0 Å². The van der Waals surface area contributed by atoms with Crippen LogP contribution in [0.15, 0.2) is 12.1 Å². The van der Waals surface area contributed by atoms with Gasteiger partial charge >= 0.3 is 0 Å². The summed E-state index contributed by atoms with van der Waals surface area (Å²) in [6.45, 7) is 6.26. The number of halogens is 3. The molecule has 0 aromatic heterocycles. The van der Waals surface area contributed by atoms with E-state index < -0.39 is 17.5 Å². The van der Waals surface area contributed by atoms with Crippen molar-refractivity contribution in [3.8, 4) is 0 Å². The number of nitrogens with zero attached hydrogens (tertiary/aromatic N) is 1. The third-order valence-corrected chi connectivity index (χ3v) is 4.28. The van der Waals surface area contributed by atoms with Gasteiger partial charge in [-0.3, -0.25) is 0 Å². The first-order valence-electron chi connectivity index (χ1n) is 7.16. The van der Waals surface area contributed by atoms with E-state index in [9.17, 15) is 13.2 Å². The van der Waals surface area contributed by atoms with Gasteiger partial charge in [-0.15, -0.1) is 0 Å². The van der Waals surface area contributed by atoms with Gasteiger partial charge in [-0.05, 0) is 25.8 Å². The molecule has 0 atom stereocenters. The third-order valence-electron chi connectivity index (χ3n) is 4.28. The van der Waals surface area contributed by atoms with Crippen molar-refractivity contribution in [2.75, 3.05) is 24.5 Å². The van der Waals surface area contributed by atoms with Crippen molar-refractivity contribution in [1.82, 2.24) is 5.32 Å². The Morgan fingerprint density at radius 1 is 1.10 bits per heavy atom. The summed E-state index contributed by atoms with van der Waals surface area (Å²) in [7, 11) is 0. The van der Waals surface area contributed by atoms with Gasteiger partial charge in [0.15, 0.2) is 11.6 Å². The maximum Gasteiger partial charge on any atom is 0.161 e. The molecule has 20 heavy (non-hydrogen) atoms. The fraction of sp³-hybridized carbons (Fsp3) is 0.600. The lowest BCUT2D eigenvalue weighted by molar-refractivity contribution is 0.321. The van der Waals surface area contributed by atoms with Crippen LogP contribution in [0.5, 0.6) is 0 Å². The summed E-state index contributed by atoms with van der Waals surface area (Å²) in [6.07, 6.45) is 2.66. The molecule has 1 saturated heterocycles. The topological polar surface area (TPSA) is 15.3 Å². The molecule has 5 heteroatoms. The summed E-state index contributed by atoms with van der Waals surface area (Å²) in [4.78, 5) is 1.82. The first kappa shape index (κ1) is 15.2. The molecule has 112 valence electrons. The molecule has 0 spiro atoms. The molecule has 1 aliphatic heterocycles. The van der Waals surface area contributed by atoms with Crippen molar-refractivity contribution in [2.24, 2.45) is 0 Å². The molecule has 0 aliphatic carbocycles. The first-order valence-corrected chi connectivity index (χ1v) is 7.16. The van der Waals surface area contributed by atoms with E-state index in [-0.39, 0.29) is 11.2 Å². The highest BCUT2D eigenvalue weighted by atomic mass is 19.2. The van der Waals surface area contributed by atoms with Crippen LogP contribution in [0.2, 0.25) is 0 Å². The smallest absolute Gasteiger partial charge is 0.161 e. The van der Waals surface area contributed by atoms with Gasteiger partial charge < -0.3 is 10.2 Å². The van der Waals surface area contributed by atoms with Crippen LogP contribution in [-0.4, -0.2) is 25.2 Å². The molecule has 0 unspecified atom stereocenters. The Hall–Kier alpha value is -1.23. The van der Waals surface area contributed by atoms with E-state index in [1.165, 1.54) is 0 Å². The van der Waals surface area contributed by atoms with Crippen molar-refractivity contribution in [1.29, 1.82) is 0 Å². The van der Waals surface area contributed by atoms with E-state index >= 15 is 0 Å². The summed E-state index contributed by atoms with van der Waals surface area (Å²) in [5, 5.41) is 3.51. The van der Waals surface area contributed by atoms with Crippen LogP contribution >= 0.6 is 0 Å². The van der Waals surface area contributed by atoms with Crippen molar-refractivity contribution >= 4 is 5.69 Å². The predicted octanol–water partition coefficient (Wildman–Crippen LogP) is 3.46. The lowest BCUT2D eigenvalue weighted by Crippen LogP contribution is -2.50. The summed E-state index contributed by atoms with van der Waals surface area (Å²) < 4.78 is 40.4. The van der Waals surface area contributed by atoms with Gasteiger partial charge in [0.05, 0.1) is 5.69 Å². The van der Waals surface area contributed by atoms with Crippen LogP contribution in [0.1, 0.15) is 33.1 Å². The molecule has 2 rings (SSSR count). The Bertz CT molecular complexity index is 472. The van der Waals surface area contributed by atoms with Gasteiger partial charge in [0, 0.05) is 30.8 Å². The summed E-state index contributed by atoms with van der Waals surface area (Å²) >= 11 is 0. The van der Waals surface area contributed by atoms with Crippen LogP contribution in [0.25, 0.3) is 0 Å². The van der Waals surface area contributed by atoms with E-state index in [0.29, 0.717) is 19.2 Å². The molecule has 0 saturated carbocycles. The highest BCUT2D eigenvalue weighted by Crippen LogP contribution is 2.28. The Morgan fingerprint density at radius 3 is 2.40 bits per heavy atom. The van der Waals surface area contributed by atoms with Crippen molar-refractivity contribution in [3.63, 3.8) is 0 Å². The van der Waals surface area contributed by atoms with Gasteiger partial charge in [0.25, 0.3) is 0 Å². The summed E-state index contributed by atoms with van der Waals surface area (Å²) in [5.74, 6) is -2.85. The Morgan fingerprint density at radius 2 is 1.75 bits per heavy atom. The van der Waals surface area contributed by atoms with E-state index in [2.05, 4.69) is 19.2 Å². The predicted molar refractivity (Wildman–Crippen MR) is 74.5 cm³/mol. The maximum absolute atomic E-state index is 13.9. The minimum atomic E-state index is -1.14. The average molecular weight is 286 g/mol. The highest BCUT2D eigenvalue weighted by Gasteiger charge is 2.31. The first-order chi connectivity index (χ1) is 9.51. The zero-order valence-corrected chi connectivity index (χ0v) is 12.0. The highest BCUT2D eigenvalue weighted by molar-refractivity contribution is 5.49. The molecule has 0 radical (unpaired) electrons. The summed E-state index contributed by atoms with van der Waals surface area (Å²) in [5.41, 5.74) is 0.0484. The molecule has 1 aliphatic rings. The molecular weight excluding hydrogens is 265 g/mol. The van der Waals surface area contributed by atoms with Gasteiger partial charge in [0.1, 0.15) is 5.82 Å². The van der Waals surface area contributed by atoms with Crippen LogP contribution in [0.3, 0.4) is 0 Å². The molecule has 0 amide bonds. The van der Waals surface area contributed by atoms with E-state index in [1.54, 1.807) is 0 Å². The lowest BCUT2D eigenvalue weighted by atomic mass is 9.92. The number of rotatable bonds is 3. The monoisotopic (exact) mass is 286 g/mol. The number of nitrogens with one attached hydrogen (secondary N) is 1. The quantitative estimate of drug-likeness (QED) is 0.856. The molecule has 1 aromatic rings. The second kappa shape index (κ2) is 6.04. The largest absolute Gasteiger partial charge is 0.367 e. The Kier molecular flexibility index (Phi) is 4.58. The molecule has 1 N–H and O–H groups in total. The number of hydrogen-bond acceptors (Lipinski definition) is 2.